The molecular weight excluding hydrogens is 262 g/mol. The Balaban J connectivity index is 2.67. The van der Waals surface area contributed by atoms with Gasteiger partial charge in [-0.2, -0.15) is 0 Å². The minimum absolute atomic E-state index is 0.263. The number of rotatable bonds is 9. The lowest BCUT2D eigenvalue weighted by Crippen LogP contribution is -2.20. The fraction of sp³-hybridized carbons (Fsp3) is 0.600. The highest BCUT2D eigenvalue weighted by Crippen LogP contribution is 2.25. The van der Waals surface area contributed by atoms with E-state index in [0.29, 0.717) is 6.61 Å². The molecule has 0 fully saturated rings. The molecule has 4 heteroatoms. The lowest BCUT2D eigenvalue weighted by molar-refractivity contribution is 0.189. The molecule has 0 unspecified atom stereocenters. The Morgan fingerprint density at radius 3 is 2.63 bits per heavy atom. The van der Waals surface area contributed by atoms with Crippen LogP contribution in [0.3, 0.4) is 0 Å². The molecule has 0 amide bonds. The van der Waals surface area contributed by atoms with Gasteiger partial charge in [-0.25, -0.2) is 0 Å². The SMILES string of the molecule is CCC(CC)Oc1ccc(Cl)cc1CNCCOC. The van der Waals surface area contributed by atoms with Crippen LogP contribution in [0.4, 0.5) is 0 Å². The van der Waals surface area contributed by atoms with Gasteiger partial charge in [0.25, 0.3) is 0 Å². The number of hydrogen-bond acceptors (Lipinski definition) is 3. The summed E-state index contributed by atoms with van der Waals surface area (Å²) < 4.78 is 11.0. The van der Waals surface area contributed by atoms with Crippen LogP contribution in [-0.2, 0) is 11.3 Å². The quantitative estimate of drug-likeness (QED) is 0.703. The van der Waals surface area contributed by atoms with Crippen molar-refractivity contribution in [1.82, 2.24) is 5.32 Å². The lowest BCUT2D eigenvalue weighted by Gasteiger charge is -2.19. The van der Waals surface area contributed by atoms with Gasteiger partial charge in [0.1, 0.15) is 5.75 Å². The Hall–Kier alpha value is -0.770. The zero-order chi connectivity index (χ0) is 14.1. The van der Waals surface area contributed by atoms with Crippen molar-refractivity contribution in [3.05, 3.63) is 28.8 Å². The van der Waals surface area contributed by atoms with Crippen LogP contribution in [0, 0.1) is 0 Å². The summed E-state index contributed by atoms with van der Waals surface area (Å²) >= 11 is 6.05. The highest BCUT2D eigenvalue weighted by molar-refractivity contribution is 6.30. The molecule has 0 radical (unpaired) electrons. The second-order valence-corrected chi connectivity index (χ2v) is 4.91. The Kier molecular flexibility index (Phi) is 7.87. The van der Waals surface area contributed by atoms with Crippen LogP contribution in [0.25, 0.3) is 0 Å². The lowest BCUT2D eigenvalue weighted by atomic mass is 10.1. The van der Waals surface area contributed by atoms with Crippen molar-refractivity contribution < 1.29 is 9.47 Å². The first-order valence-electron chi connectivity index (χ1n) is 6.86. The summed E-state index contributed by atoms with van der Waals surface area (Å²) in [6.45, 7) is 6.53. The molecule has 108 valence electrons. The molecule has 0 aliphatic rings. The Morgan fingerprint density at radius 1 is 1.26 bits per heavy atom. The molecule has 0 heterocycles. The first kappa shape index (κ1) is 16.3. The molecule has 0 spiro atoms. The fourth-order valence-electron chi connectivity index (χ4n) is 1.83. The van der Waals surface area contributed by atoms with E-state index in [4.69, 9.17) is 21.1 Å². The third-order valence-electron chi connectivity index (χ3n) is 3.03. The van der Waals surface area contributed by atoms with E-state index >= 15 is 0 Å². The first-order chi connectivity index (χ1) is 9.21. The van der Waals surface area contributed by atoms with Crippen LogP contribution in [0.2, 0.25) is 5.02 Å². The third kappa shape index (κ3) is 5.81. The zero-order valence-electron chi connectivity index (χ0n) is 12.0. The Morgan fingerprint density at radius 2 is 2.00 bits per heavy atom. The average molecular weight is 286 g/mol. The van der Waals surface area contributed by atoms with Gasteiger partial charge < -0.3 is 14.8 Å². The molecule has 1 rings (SSSR count). The minimum atomic E-state index is 0.263. The van der Waals surface area contributed by atoms with Crippen LogP contribution in [-0.4, -0.2) is 26.4 Å². The van der Waals surface area contributed by atoms with Gasteiger partial charge in [-0.1, -0.05) is 25.4 Å². The van der Waals surface area contributed by atoms with E-state index in [1.54, 1.807) is 7.11 Å². The van der Waals surface area contributed by atoms with E-state index < -0.39 is 0 Å². The van der Waals surface area contributed by atoms with Crippen LogP contribution in [0.15, 0.2) is 18.2 Å². The van der Waals surface area contributed by atoms with Gasteiger partial charge in [0.2, 0.25) is 0 Å². The van der Waals surface area contributed by atoms with Crippen molar-refractivity contribution in [2.24, 2.45) is 0 Å². The molecule has 0 saturated carbocycles. The van der Waals surface area contributed by atoms with E-state index in [1.165, 1.54) is 0 Å². The van der Waals surface area contributed by atoms with Crippen molar-refractivity contribution in [3.8, 4) is 5.75 Å². The second kappa shape index (κ2) is 9.18. The molecule has 0 saturated heterocycles. The maximum atomic E-state index is 6.05. The fourth-order valence-corrected chi connectivity index (χ4v) is 2.03. The van der Waals surface area contributed by atoms with Gasteiger partial charge in [-0.05, 0) is 31.0 Å². The van der Waals surface area contributed by atoms with E-state index in [1.807, 2.05) is 18.2 Å². The minimum Gasteiger partial charge on any atom is -0.490 e. The maximum absolute atomic E-state index is 6.05. The summed E-state index contributed by atoms with van der Waals surface area (Å²) in [6.07, 6.45) is 2.28. The number of benzene rings is 1. The van der Waals surface area contributed by atoms with Gasteiger partial charge in [0.05, 0.1) is 12.7 Å². The topological polar surface area (TPSA) is 30.5 Å². The van der Waals surface area contributed by atoms with Gasteiger partial charge in [-0.3, -0.25) is 0 Å². The summed E-state index contributed by atoms with van der Waals surface area (Å²) in [6, 6.07) is 5.78. The van der Waals surface area contributed by atoms with Gasteiger partial charge >= 0.3 is 0 Å². The number of methoxy groups -OCH3 is 1. The smallest absolute Gasteiger partial charge is 0.124 e. The Labute approximate surface area is 121 Å². The van der Waals surface area contributed by atoms with Crippen LogP contribution >= 0.6 is 11.6 Å². The van der Waals surface area contributed by atoms with E-state index in [2.05, 4.69) is 19.2 Å². The number of nitrogens with one attached hydrogen (secondary N) is 1. The summed E-state index contributed by atoms with van der Waals surface area (Å²) in [4.78, 5) is 0. The van der Waals surface area contributed by atoms with Crippen molar-refractivity contribution in [3.63, 3.8) is 0 Å². The predicted octanol–water partition coefficient (Wildman–Crippen LogP) is 3.64. The van der Waals surface area contributed by atoms with Crippen molar-refractivity contribution in [1.29, 1.82) is 0 Å². The van der Waals surface area contributed by atoms with Gasteiger partial charge in [0, 0.05) is 30.8 Å². The zero-order valence-corrected chi connectivity index (χ0v) is 12.8. The highest BCUT2D eigenvalue weighted by Gasteiger charge is 2.10. The highest BCUT2D eigenvalue weighted by atomic mass is 35.5. The third-order valence-corrected chi connectivity index (χ3v) is 3.26. The molecule has 1 aromatic carbocycles. The number of ether oxygens (including phenoxy) is 2. The molecule has 1 aromatic rings. The van der Waals surface area contributed by atoms with Crippen molar-refractivity contribution >= 4 is 11.6 Å². The Bertz CT molecular complexity index is 367. The monoisotopic (exact) mass is 285 g/mol. The normalized spacial score (nSPS) is 11.0. The van der Waals surface area contributed by atoms with E-state index in [9.17, 15) is 0 Å². The summed E-state index contributed by atoms with van der Waals surface area (Å²) in [5.41, 5.74) is 1.09. The summed E-state index contributed by atoms with van der Waals surface area (Å²) in [5.74, 6) is 0.919. The largest absolute Gasteiger partial charge is 0.490 e. The van der Waals surface area contributed by atoms with E-state index in [0.717, 1.165) is 42.3 Å². The molecule has 1 N–H and O–H groups in total. The summed E-state index contributed by atoms with van der Waals surface area (Å²) in [5, 5.41) is 4.05. The predicted molar refractivity (Wildman–Crippen MR) is 80.0 cm³/mol. The second-order valence-electron chi connectivity index (χ2n) is 4.48. The maximum Gasteiger partial charge on any atom is 0.124 e. The van der Waals surface area contributed by atoms with Crippen LogP contribution in [0.1, 0.15) is 32.3 Å². The standard InChI is InChI=1S/C15H24ClNO2/c1-4-14(5-2)19-15-7-6-13(16)10-12(15)11-17-8-9-18-3/h6-7,10,14,17H,4-5,8-9,11H2,1-3H3. The van der Waals surface area contributed by atoms with Crippen LogP contribution < -0.4 is 10.1 Å². The molecule has 0 atom stereocenters. The molecule has 0 aromatic heterocycles. The van der Waals surface area contributed by atoms with Gasteiger partial charge in [-0.15, -0.1) is 0 Å². The average Bonchev–Trinajstić information content (AvgIpc) is 2.43. The van der Waals surface area contributed by atoms with Crippen LogP contribution in [0.5, 0.6) is 5.75 Å². The van der Waals surface area contributed by atoms with E-state index in [-0.39, 0.29) is 6.10 Å². The first-order valence-corrected chi connectivity index (χ1v) is 7.23. The van der Waals surface area contributed by atoms with Gasteiger partial charge in [0.15, 0.2) is 0 Å². The molecule has 19 heavy (non-hydrogen) atoms. The summed E-state index contributed by atoms with van der Waals surface area (Å²) in [7, 11) is 1.70. The molecule has 0 aliphatic heterocycles. The van der Waals surface area contributed by atoms with Crippen molar-refractivity contribution in [2.75, 3.05) is 20.3 Å². The number of hydrogen-bond donors (Lipinski definition) is 1. The van der Waals surface area contributed by atoms with Crippen molar-refractivity contribution in [2.45, 2.75) is 39.3 Å². The molecule has 0 bridgehead atoms. The molecule has 0 aliphatic carbocycles. The molecule has 3 nitrogen and oxygen atoms in total. The number of halogens is 1. The molecular formula is C15H24ClNO2.